The third-order valence-corrected chi connectivity index (χ3v) is 3.33. The Morgan fingerprint density at radius 3 is 2.14 bits per heavy atom. The molecule has 0 amide bonds. The summed E-state index contributed by atoms with van der Waals surface area (Å²) < 4.78 is 5.68. The van der Waals surface area contributed by atoms with Crippen LogP contribution >= 0.6 is 0 Å². The van der Waals surface area contributed by atoms with Crippen molar-refractivity contribution in [3.05, 3.63) is 0 Å². The lowest BCUT2D eigenvalue weighted by Gasteiger charge is -2.28. The molecule has 0 aromatic heterocycles. The molecule has 0 atom stereocenters. The first-order chi connectivity index (χ1) is 6.72. The maximum absolute atomic E-state index is 5.68. The Kier molecular flexibility index (Phi) is 5.54. The minimum absolute atomic E-state index is 0.406. The number of rotatable bonds is 5. The third-order valence-electron chi connectivity index (χ3n) is 3.33. The predicted molar refractivity (Wildman–Crippen MR) is 61.4 cm³/mol. The van der Waals surface area contributed by atoms with Crippen molar-refractivity contribution >= 4 is 0 Å². The fourth-order valence-corrected chi connectivity index (χ4v) is 2.42. The van der Waals surface area contributed by atoms with Gasteiger partial charge in [-0.2, -0.15) is 0 Å². The van der Waals surface area contributed by atoms with Crippen molar-refractivity contribution in [2.75, 3.05) is 6.61 Å². The second-order valence-electron chi connectivity index (χ2n) is 5.06. The van der Waals surface area contributed by atoms with Crippen LogP contribution in [0.3, 0.4) is 0 Å². The molecule has 0 heterocycles. The van der Waals surface area contributed by atoms with Gasteiger partial charge in [-0.3, -0.25) is 0 Å². The monoisotopic (exact) mass is 198 g/mol. The first-order valence-corrected chi connectivity index (χ1v) is 6.34. The summed E-state index contributed by atoms with van der Waals surface area (Å²) >= 11 is 0. The number of hydrogen-bond acceptors (Lipinski definition) is 1. The Hall–Kier alpha value is -0.0400. The van der Waals surface area contributed by atoms with Crippen molar-refractivity contribution in [1.82, 2.24) is 0 Å². The van der Waals surface area contributed by atoms with Gasteiger partial charge in [-0.25, -0.2) is 0 Å². The molecule has 0 bridgehead atoms. The quantitative estimate of drug-likeness (QED) is 0.648. The molecule has 1 heteroatoms. The van der Waals surface area contributed by atoms with Crippen molar-refractivity contribution in [2.24, 2.45) is 11.8 Å². The van der Waals surface area contributed by atoms with Crippen LogP contribution in [0.25, 0.3) is 0 Å². The van der Waals surface area contributed by atoms with Crippen LogP contribution in [-0.4, -0.2) is 12.7 Å². The molecule has 0 unspecified atom stereocenters. The second-order valence-corrected chi connectivity index (χ2v) is 5.06. The first-order valence-electron chi connectivity index (χ1n) is 6.34. The Morgan fingerprint density at radius 1 is 1.07 bits per heavy atom. The summed E-state index contributed by atoms with van der Waals surface area (Å²) in [4.78, 5) is 0. The molecule has 1 nitrogen and oxygen atoms in total. The molecule has 0 spiro atoms. The lowest BCUT2D eigenvalue weighted by atomic mass is 9.80. The highest BCUT2D eigenvalue weighted by atomic mass is 16.5. The van der Waals surface area contributed by atoms with Crippen LogP contribution in [0, 0.1) is 11.8 Å². The third kappa shape index (κ3) is 4.45. The molecule has 1 fully saturated rings. The summed E-state index contributed by atoms with van der Waals surface area (Å²) in [7, 11) is 0. The van der Waals surface area contributed by atoms with Crippen LogP contribution in [0.15, 0.2) is 0 Å². The SMILES string of the molecule is CCCC1CCC(COC(C)C)CC1. The van der Waals surface area contributed by atoms with E-state index in [9.17, 15) is 0 Å². The van der Waals surface area contributed by atoms with Crippen molar-refractivity contribution in [1.29, 1.82) is 0 Å². The van der Waals surface area contributed by atoms with Crippen molar-refractivity contribution in [3.8, 4) is 0 Å². The summed E-state index contributed by atoms with van der Waals surface area (Å²) in [6.07, 6.45) is 8.90. The van der Waals surface area contributed by atoms with Gasteiger partial charge in [0.25, 0.3) is 0 Å². The molecule has 84 valence electrons. The van der Waals surface area contributed by atoms with E-state index < -0.39 is 0 Å². The minimum atomic E-state index is 0.406. The lowest BCUT2D eigenvalue weighted by Crippen LogP contribution is -2.20. The topological polar surface area (TPSA) is 9.23 Å². The molecule has 0 aromatic rings. The van der Waals surface area contributed by atoms with Gasteiger partial charge in [-0.1, -0.05) is 32.6 Å². The normalized spacial score (nSPS) is 28.3. The van der Waals surface area contributed by atoms with Gasteiger partial charge >= 0.3 is 0 Å². The Labute approximate surface area is 89.2 Å². The Bertz CT molecular complexity index is 134. The zero-order valence-electron chi connectivity index (χ0n) is 10.1. The minimum Gasteiger partial charge on any atom is -0.379 e. The van der Waals surface area contributed by atoms with E-state index in [1.54, 1.807) is 0 Å². The van der Waals surface area contributed by atoms with E-state index in [2.05, 4.69) is 20.8 Å². The highest BCUT2D eigenvalue weighted by Crippen LogP contribution is 2.31. The fraction of sp³-hybridized carbons (Fsp3) is 1.00. The van der Waals surface area contributed by atoms with Crippen molar-refractivity contribution in [2.45, 2.75) is 65.4 Å². The zero-order valence-corrected chi connectivity index (χ0v) is 10.1. The molecular formula is C13H26O. The average molecular weight is 198 g/mol. The number of ether oxygens (including phenoxy) is 1. The van der Waals surface area contributed by atoms with Gasteiger partial charge < -0.3 is 4.74 Å². The van der Waals surface area contributed by atoms with E-state index in [0.717, 1.165) is 18.4 Å². The molecule has 0 aromatic carbocycles. The van der Waals surface area contributed by atoms with Gasteiger partial charge in [0.05, 0.1) is 6.10 Å². The van der Waals surface area contributed by atoms with Crippen LogP contribution in [0.1, 0.15) is 59.3 Å². The van der Waals surface area contributed by atoms with E-state index in [1.165, 1.54) is 38.5 Å². The zero-order chi connectivity index (χ0) is 10.4. The maximum atomic E-state index is 5.68. The van der Waals surface area contributed by atoms with Crippen molar-refractivity contribution < 1.29 is 4.74 Å². The van der Waals surface area contributed by atoms with Gasteiger partial charge in [-0.15, -0.1) is 0 Å². The predicted octanol–water partition coefficient (Wildman–Crippen LogP) is 4.02. The van der Waals surface area contributed by atoms with Crippen LogP contribution in [0.2, 0.25) is 0 Å². The molecule has 1 aliphatic rings. The molecule has 0 radical (unpaired) electrons. The average Bonchev–Trinajstić information content (AvgIpc) is 2.17. The van der Waals surface area contributed by atoms with E-state index >= 15 is 0 Å². The largest absolute Gasteiger partial charge is 0.379 e. The van der Waals surface area contributed by atoms with Crippen LogP contribution in [0.4, 0.5) is 0 Å². The Balaban J connectivity index is 2.09. The van der Waals surface area contributed by atoms with Crippen LogP contribution < -0.4 is 0 Å². The molecule has 1 rings (SSSR count). The molecule has 14 heavy (non-hydrogen) atoms. The summed E-state index contributed by atoms with van der Waals surface area (Å²) in [5.41, 5.74) is 0. The van der Waals surface area contributed by atoms with Gasteiger partial charge in [0.2, 0.25) is 0 Å². The first kappa shape index (κ1) is 12.0. The molecule has 1 aliphatic carbocycles. The van der Waals surface area contributed by atoms with Crippen molar-refractivity contribution in [3.63, 3.8) is 0 Å². The molecule has 0 aliphatic heterocycles. The number of hydrogen-bond donors (Lipinski definition) is 0. The van der Waals surface area contributed by atoms with E-state index in [1.807, 2.05) is 0 Å². The van der Waals surface area contributed by atoms with E-state index in [-0.39, 0.29) is 0 Å². The van der Waals surface area contributed by atoms with E-state index in [0.29, 0.717) is 6.10 Å². The second kappa shape index (κ2) is 6.44. The van der Waals surface area contributed by atoms with Gasteiger partial charge in [0.1, 0.15) is 0 Å². The standard InChI is InChI=1S/C13H26O/c1-4-5-12-6-8-13(9-7-12)10-14-11(2)3/h11-13H,4-10H2,1-3H3. The fourth-order valence-electron chi connectivity index (χ4n) is 2.42. The lowest BCUT2D eigenvalue weighted by molar-refractivity contribution is 0.0361. The van der Waals surface area contributed by atoms with Gasteiger partial charge in [-0.05, 0) is 38.5 Å². The Morgan fingerprint density at radius 2 is 1.64 bits per heavy atom. The summed E-state index contributed by atoms with van der Waals surface area (Å²) in [6, 6.07) is 0. The molecule has 1 saturated carbocycles. The molecule has 0 saturated heterocycles. The van der Waals surface area contributed by atoms with Gasteiger partial charge in [0.15, 0.2) is 0 Å². The molecular weight excluding hydrogens is 172 g/mol. The highest BCUT2D eigenvalue weighted by molar-refractivity contribution is 4.72. The summed E-state index contributed by atoms with van der Waals surface area (Å²) in [6.45, 7) is 7.55. The van der Waals surface area contributed by atoms with Crippen LogP contribution in [-0.2, 0) is 4.74 Å². The summed E-state index contributed by atoms with van der Waals surface area (Å²) in [5.74, 6) is 1.88. The highest BCUT2D eigenvalue weighted by Gasteiger charge is 2.20. The van der Waals surface area contributed by atoms with E-state index in [4.69, 9.17) is 4.74 Å². The smallest absolute Gasteiger partial charge is 0.0519 e. The maximum Gasteiger partial charge on any atom is 0.0519 e. The van der Waals surface area contributed by atoms with Gasteiger partial charge in [0, 0.05) is 6.61 Å². The molecule has 0 N–H and O–H groups in total. The van der Waals surface area contributed by atoms with Crippen LogP contribution in [0.5, 0.6) is 0 Å². The summed E-state index contributed by atoms with van der Waals surface area (Å²) in [5, 5.41) is 0.